The van der Waals surface area contributed by atoms with Crippen LogP contribution in [0.3, 0.4) is 0 Å². The van der Waals surface area contributed by atoms with Gasteiger partial charge in [0.25, 0.3) is 5.91 Å². The Balaban J connectivity index is 2.28. The van der Waals surface area contributed by atoms with Gasteiger partial charge in [-0.1, -0.05) is 36.2 Å². The van der Waals surface area contributed by atoms with Crippen molar-refractivity contribution in [3.05, 3.63) is 68.3 Å². The van der Waals surface area contributed by atoms with Gasteiger partial charge in [-0.25, -0.2) is 9.37 Å². The summed E-state index contributed by atoms with van der Waals surface area (Å²) in [6.45, 7) is 1.24. The number of carbonyl (C=O) groups excluding carboxylic acids is 1. The maximum Gasteiger partial charge on any atom is 0.408 e. The molecule has 0 unspecified atom stereocenters. The molecule has 1 N–H and O–H groups in total. The molecule has 1 amide bonds. The third-order valence-electron chi connectivity index (χ3n) is 4.35. The predicted octanol–water partition coefficient (Wildman–Crippen LogP) is 4.90. The number of rotatable bonds is 4. The summed E-state index contributed by atoms with van der Waals surface area (Å²) in [6.07, 6.45) is -4.24. The van der Waals surface area contributed by atoms with E-state index in [1.165, 1.54) is 31.2 Å². The monoisotopic (exact) mass is 461 g/mol. The molecule has 2 heterocycles. The van der Waals surface area contributed by atoms with Crippen molar-refractivity contribution >= 4 is 40.1 Å². The molecule has 1 atom stereocenters. The molecule has 11 heteroatoms. The molecule has 3 aromatic rings. The van der Waals surface area contributed by atoms with Gasteiger partial charge in [-0.15, -0.1) is 0 Å². The Hall–Kier alpha value is -2.65. The standard InChI is InChI=1S/C19H13Cl2F4N3O2/c1-2-13(19(23,24)25)26-18(30)10-8-28(15-11(20)4-3-5-12(15)22)17-9(16(10)29)6-7-14(21)27-17/h3-8,13H,2H2,1H3,(H,26,30)/t13-/m1/s1. The Labute approximate surface area is 177 Å². The van der Waals surface area contributed by atoms with Crippen molar-refractivity contribution in [1.29, 1.82) is 0 Å². The quantitative estimate of drug-likeness (QED) is 0.443. The zero-order valence-electron chi connectivity index (χ0n) is 15.2. The van der Waals surface area contributed by atoms with Crippen molar-refractivity contribution in [2.75, 3.05) is 0 Å². The number of alkyl halides is 3. The molecule has 0 saturated carbocycles. The third-order valence-corrected chi connectivity index (χ3v) is 4.86. The topological polar surface area (TPSA) is 64.0 Å². The van der Waals surface area contributed by atoms with Gasteiger partial charge in [0.05, 0.1) is 10.4 Å². The number of nitrogens with one attached hydrogen (secondary N) is 1. The molecule has 0 spiro atoms. The number of hydrogen-bond acceptors (Lipinski definition) is 3. The van der Waals surface area contributed by atoms with Crippen LogP contribution < -0.4 is 10.7 Å². The van der Waals surface area contributed by atoms with Crippen LogP contribution in [0.2, 0.25) is 10.2 Å². The summed E-state index contributed by atoms with van der Waals surface area (Å²) >= 11 is 12.0. The second-order valence-corrected chi connectivity index (χ2v) is 7.09. The highest BCUT2D eigenvalue weighted by Gasteiger charge is 2.39. The number of halogens is 6. The molecule has 0 aliphatic rings. The van der Waals surface area contributed by atoms with E-state index in [-0.39, 0.29) is 26.9 Å². The molecule has 0 saturated heterocycles. The maximum atomic E-state index is 14.5. The number of carbonyl (C=O) groups is 1. The molecule has 0 radical (unpaired) electrons. The Morgan fingerprint density at radius 2 is 1.93 bits per heavy atom. The second-order valence-electron chi connectivity index (χ2n) is 6.29. The number of para-hydroxylation sites is 1. The zero-order valence-corrected chi connectivity index (χ0v) is 16.7. The van der Waals surface area contributed by atoms with Crippen LogP contribution in [0.1, 0.15) is 23.7 Å². The smallest absolute Gasteiger partial charge is 0.340 e. The summed E-state index contributed by atoms with van der Waals surface area (Å²) in [7, 11) is 0. The van der Waals surface area contributed by atoms with E-state index in [4.69, 9.17) is 23.2 Å². The van der Waals surface area contributed by atoms with E-state index in [0.29, 0.717) is 0 Å². The molecule has 0 fully saturated rings. The molecule has 0 aliphatic heterocycles. The van der Waals surface area contributed by atoms with E-state index in [2.05, 4.69) is 4.98 Å². The lowest BCUT2D eigenvalue weighted by Crippen LogP contribution is -2.46. The Morgan fingerprint density at radius 1 is 1.23 bits per heavy atom. The Kier molecular flexibility index (Phi) is 6.05. The summed E-state index contributed by atoms with van der Waals surface area (Å²) < 4.78 is 54.7. The van der Waals surface area contributed by atoms with Gasteiger partial charge in [0.2, 0.25) is 5.43 Å². The number of benzene rings is 1. The minimum Gasteiger partial charge on any atom is -0.340 e. The van der Waals surface area contributed by atoms with E-state index in [0.717, 1.165) is 16.8 Å². The summed E-state index contributed by atoms with van der Waals surface area (Å²) in [5.74, 6) is -2.07. The Bertz CT molecular complexity index is 1170. The second kappa shape index (κ2) is 8.23. The molecule has 2 aromatic heterocycles. The van der Waals surface area contributed by atoms with Gasteiger partial charge < -0.3 is 5.32 Å². The zero-order chi connectivity index (χ0) is 22.2. The highest BCUT2D eigenvalue weighted by atomic mass is 35.5. The lowest BCUT2D eigenvalue weighted by atomic mass is 10.1. The lowest BCUT2D eigenvalue weighted by Gasteiger charge is -2.20. The van der Waals surface area contributed by atoms with Crippen LogP contribution in [0.5, 0.6) is 0 Å². The van der Waals surface area contributed by atoms with E-state index in [1.807, 2.05) is 0 Å². The van der Waals surface area contributed by atoms with Crippen LogP contribution in [0.15, 0.2) is 41.3 Å². The first-order chi connectivity index (χ1) is 14.0. The molecule has 30 heavy (non-hydrogen) atoms. The van der Waals surface area contributed by atoms with Gasteiger partial charge in [0.15, 0.2) is 0 Å². The van der Waals surface area contributed by atoms with Gasteiger partial charge >= 0.3 is 6.18 Å². The molecule has 0 aliphatic carbocycles. The first-order valence-electron chi connectivity index (χ1n) is 8.58. The van der Waals surface area contributed by atoms with Gasteiger partial charge in [0, 0.05) is 6.20 Å². The maximum absolute atomic E-state index is 14.5. The molecular formula is C19H13Cl2F4N3O2. The van der Waals surface area contributed by atoms with E-state index in [9.17, 15) is 27.2 Å². The van der Waals surface area contributed by atoms with E-state index >= 15 is 0 Å². The van der Waals surface area contributed by atoms with Crippen molar-refractivity contribution in [2.24, 2.45) is 0 Å². The average molecular weight is 462 g/mol. The number of pyridine rings is 2. The van der Waals surface area contributed by atoms with Gasteiger partial charge in [-0.3, -0.25) is 14.2 Å². The fourth-order valence-electron chi connectivity index (χ4n) is 2.88. The molecule has 3 rings (SSSR count). The van der Waals surface area contributed by atoms with E-state index < -0.39 is 41.4 Å². The molecule has 158 valence electrons. The van der Waals surface area contributed by atoms with Gasteiger partial charge in [-0.2, -0.15) is 13.2 Å². The van der Waals surface area contributed by atoms with Gasteiger partial charge in [0.1, 0.15) is 33.9 Å². The first-order valence-corrected chi connectivity index (χ1v) is 9.34. The van der Waals surface area contributed by atoms with Crippen molar-refractivity contribution in [1.82, 2.24) is 14.9 Å². The minimum atomic E-state index is -4.70. The number of nitrogens with zero attached hydrogens (tertiary/aromatic N) is 2. The predicted molar refractivity (Wildman–Crippen MR) is 105 cm³/mol. The summed E-state index contributed by atoms with van der Waals surface area (Å²) in [6, 6.07) is 4.15. The minimum absolute atomic E-state index is 0.0246. The van der Waals surface area contributed by atoms with E-state index in [1.54, 1.807) is 5.32 Å². The molecule has 5 nitrogen and oxygen atoms in total. The van der Waals surface area contributed by atoms with Crippen LogP contribution in [-0.4, -0.2) is 27.7 Å². The van der Waals surface area contributed by atoms with Crippen LogP contribution in [0.4, 0.5) is 17.6 Å². The summed E-state index contributed by atoms with van der Waals surface area (Å²) in [4.78, 5) is 29.3. The fraction of sp³-hybridized carbons (Fsp3) is 0.211. The largest absolute Gasteiger partial charge is 0.408 e. The van der Waals surface area contributed by atoms with Crippen molar-refractivity contribution < 1.29 is 22.4 Å². The summed E-state index contributed by atoms with van der Waals surface area (Å²) in [5.41, 5.74) is -1.86. The molecular weight excluding hydrogens is 449 g/mol. The van der Waals surface area contributed by atoms with Crippen LogP contribution >= 0.6 is 23.2 Å². The number of aromatic nitrogens is 2. The average Bonchev–Trinajstić information content (AvgIpc) is 2.66. The Morgan fingerprint density at radius 3 is 2.53 bits per heavy atom. The normalized spacial score (nSPS) is 12.8. The van der Waals surface area contributed by atoms with Crippen molar-refractivity contribution in [2.45, 2.75) is 25.6 Å². The van der Waals surface area contributed by atoms with Crippen LogP contribution in [0, 0.1) is 5.82 Å². The molecule has 1 aromatic carbocycles. The van der Waals surface area contributed by atoms with Gasteiger partial charge in [-0.05, 0) is 30.7 Å². The molecule has 0 bridgehead atoms. The number of hydrogen-bond donors (Lipinski definition) is 1. The SMILES string of the molecule is CC[C@@H](NC(=O)c1cn(-c2c(F)cccc2Cl)c2nc(Cl)ccc2c1=O)C(F)(F)F. The third kappa shape index (κ3) is 4.13. The van der Waals surface area contributed by atoms with Crippen LogP contribution in [-0.2, 0) is 0 Å². The highest BCUT2D eigenvalue weighted by Crippen LogP contribution is 2.27. The fourth-order valence-corrected chi connectivity index (χ4v) is 3.28. The summed E-state index contributed by atoms with van der Waals surface area (Å²) in [5, 5.41) is 1.55. The number of amides is 1. The first kappa shape index (κ1) is 22.0. The van der Waals surface area contributed by atoms with Crippen LogP contribution in [0.25, 0.3) is 16.7 Å². The highest BCUT2D eigenvalue weighted by molar-refractivity contribution is 6.32. The van der Waals surface area contributed by atoms with Crippen molar-refractivity contribution in [3.8, 4) is 5.69 Å². The number of fused-ring (bicyclic) bond motifs is 1. The van der Waals surface area contributed by atoms with Crippen molar-refractivity contribution in [3.63, 3.8) is 0 Å². The lowest BCUT2D eigenvalue weighted by molar-refractivity contribution is -0.153.